The van der Waals surface area contributed by atoms with Crippen molar-refractivity contribution in [1.82, 2.24) is 14.3 Å². The van der Waals surface area contributed by atoms with Crippen molar-refractivity contribution in [1.29, 1.82) is 0 Å². The number of carbonyl (C=O) groups is 1. The van der Waals surface area contributed by atoms with Crippen LogP contribution < -0.4 is 15.6 Å². The van der Waals surface area contributed by atoms with Crippen LogP contribution in [0.5, 0.6) is 5.75 Å². The molecule has 2 aromatic carbocycles. The third kappa shape index (κ3) is 5.95. The molecule has 1 aliphatic rings. The maximum absolute atomic E-state index is 12.9. The Hall–Kier alpha value is -3.50. The van der Waals surface area contributed by atoms with E-state index in [1.165, 1.54) is 16.4 Å². The highest BCUT2D eigenvalue weighted by Crippen LogP contribution is 2.26. The Morgan fingerprint density at radius 1 is 1.09 bits per heavy atom. The van der Waals surface area contributed by atoms with Crippen molar-refractivity contribution in [2.45, 2.75) is 38.0 Å². The summed E-state index contributed by atoms with van der Waals surface area (Å²) in [6.45, 7) is 4.32. The van der Waals surface area contributed by atoms with Crippen LogP contribution in [0.25, 0.3) is 11.4 Å². The lowest BCUT2D eigenvalue weighted by atomic mass is 10.2. The van der Waals surface area contributed by atoms with Crippen LogP contribution in [0, 0.1) is 13.8 Å². The molecule has 4 rings (SSSR count). The molecule has 3 aromatic rings. The first-order valence-corrected chi connectivity index (χ1v) is 12.9. The number of rotatable bonds is 7. The van der Waals surface area contributed by atoms with Crippen LogP contribution >= 0.6 is 0 Å². The van der Waals surface area contributed by atoms with E-state index >= 15 is 0 Å². The quantitative estimate of drug-likeness (QED) is 0.518. The van der Waals surface area contributed by atoms with E-state index in [1.54, 1.807) is 50.2 Å². The van der Waals surface area contributed by atoms with Gasteiger partial charge in [0, 0.05) is 36.1 Å². The molecule has 0 spiro atoms. The predicted octanol–water partition coefficient (Wildman–Crippen LogP) is 3.25. The van der Waals surface area contributed by atoms with Crippen molar-refractivity contribution in [3.63, 3.8) is 0 Å². The van der Waals surface area contributed by atoms with E-state index in [0.717, 1.165) is 19.3 Å². The highest BCUT2D eigenvalue weighted by molar-refractivity contribution is 7.89. The third-order valence-electron chi connectivity index (χ3n) is 5.75. The molecule has 10 heteroatoms. The lowest BCUT2D eigenvalue weighted by Crippen LogP contribution is -2.35. The normalized spacial score (nSPS) is 14.5. The number of sulfonamides is 1. The van der Waals surface area contributed by atoms with Gasteiger partial charge in [-0.05, 0) is 62.6 Å². The Bertz CT molecular complexity index is 1390. The largest absolute Gasteiger partial charge is 0.483 e. The summed E-state index contributed by atoms with van der Waals surface area (Å²) >= 11 is 0. The van der Waals surface area contributed by atoms with Crippen LogP contribution in [0.15, 0.2) is 58.2 Å². The number of benzene rings is 2. The molecule has 0 radical (unpaired) electrons. The van der Waals surface area contributed by atoms with E-state index in [1.807, 2.05) is 0 Å². The fraction of sp³-hybridized carbons (Fsp3) is 0.320. The molecule has 2 heterocycles. The summed E-state index contributed by atoms with van der Waals surface area (Å²) in [4.78, 5) is 31.4. The van der Waals surface area contributed by atoms with Crippen molar-refractivity contribution in [2.24, 2.45) is 0 Å². The Morgan fingerprint density at radius 2 is 1.86 bits per heavy atom. The van der Waals surface area contributed by atoms with Crippen LogP contribution in [-0.4, -0.2) is 48.3 Å². The summed E-state index contributed by atoms with van der Waals surface area (Å²) in [6.07, 6.45) is 2.79. The van der Waals surface area contributed by atoms with Gasteiger partial charge in [-0.25, -0.2) is 13.4 Å². The first-order chi connectivity index (χ1) is 16.7. The molecule has 0 bridgehead atoms. The topological polar surface area (TPSA) is 121 Å². The molecule has 0 saturated carbocycles. The number of ether oxygens (including phenoxy) is 1. The number of aromatic amines is 1. The number of hydrogen-bond acceptors (Lipinski definition) is 6. The predicted molar refractivity (Wildman–Crippen MR) is 133 cm³/mol. The van der Waals surface area contributed by atoms with E-state index in [2.05, 4.69) is 15.3 Å². The summed E-state index contributed by atoms with van der Waals surface area (Å²) in [7, 11) is -3.53. The van der Waals surface area contributed by atoms with Gasteiger partial charge in [0.15, 0.2) is 6.61 Å². The summed E-state index contributed by atoms with van der Waals surface area (Å²) in [5.41, 5.74) is 2.16. The van der Waals surface area contributed by atoms with Crippen molar-refractivity contribution in [2.75, 3.05) is 25.0 Å². The van der Waals surface area contributed by atoms with Gasteiger partial charge in [0.25, 0.3) is 11.5 Å². The SMILES string of the molecule is Cc1cc(=O)[nH]c(-c2cccc(NC(=O)COc3ccc(S(=O)(=O)N4CCCCC4)cc3C)c2)n1. The second kappa shape index (κ2) is 10.4. The van der Waals surface area contributed by atoms with Crippen molar-refractivity contribution < 1.29 is 17.9 Å². The Kier molecular flexibility index (Phi) is 7.32. The average molecular weight is 497 g/mol. The van der Waals surface area contributed by atoms with Gasteiger partial charge in [0.2, 0.25) is 10.0 Å². The standard InChI is InChI=1S/C25H28N4O5S/c1-17-13-21(35(32,33)29-11-4-3-5-12-29)9-10-22(17)34-16-24(31)27-20-8-6-7-19(15-20)25-26-18(2)14-23(30)28-25/h6-10,13-15H,3-5,11-12,16H2,1-2H3,(H,27,31)(H,26,28,30). The van der Waals surface area contributed by atoms with Crippen LogP contribution in [0.4, 0.5) is 5.69 Å². The molecule has 2 N–H and O–H groups in total. The fourth-order valence-electron chi connectivity index (χ4n) is 4.00. The number of anilines is 1. The summed E-state index contributed by atoms with van der Waals surface area (Å²) in [5, 5.41) is 2.76. The first kappa shape index (κ1) is 24.6. The molecule has 0 aliphatic carbocycles. The van der Waals surface area contributed by atoms with E-state index in [0.29, 0.717) is 47.2 Å². The lowest BCUT2D eigenvalue weighted by molar-refractivity contribution is -0.118. The maximum Gasteiger partial charge on any atom is 0.262 e. The van der Waals surface area contributed by atoms with Crippen molar-refractivity contribution in [3.05, 3.63) is 70.1 Å². The minimum atomic E-state index is -3.53. The van der Waals surface area contributed by atoms with E-state index < -0.39 is 10.0 Å². The number of piperidine rings is 1. The number of nitrogens with zero attached hydrogens (tertiary/aromatic N) is 2. The Morgan fingerprint density at radius 3 is 2.57 bits per heavy atom. The van der Waals surface area contributed by atoms with Gasteiger partial charge < -0.3 is 15.0 Å². The van der Waals surface area contributed by atoms with Crippen LogP contribution in [0.2, 0.25) is 0 Å². The molecule has 1 aromatic heterocycles. The smallest absolute Gasteiger partial charge is 0.262 e. The molecule has 9 nitrogen and oxygen atoms in total. The Balaban J connectivity index is 1.40. The molecular formula is C25H28N4O5S. The number of hydrogen-bond donors (Lipinski definition) is 2. The van der Waals surface area contributed by atoms with Crippen LogP contribution in [0.3, 0.4) is 0 Å². The zero-order valence-corrected chi connectivity index (χ0v) is 20.5. The van der Waals surface area contributed by atoms with Crippen molar-refractivity contribution >= 4 is 21.6 Å². The number of carbonyl (C=O) groups excluding carboxylic acids is 1. The van der Waals surface area contributed by atoms with Gasteiger partial charge in [0.1, 0.15) is 11.6 Å². The monoisotopic (exact) mass is 496 g/mol. The number of aryl methyl sites for hydroxylation is 2. The van der Waals surface area contributed by atoms with Gasteiger partial charge in [-0.1, -0.05) is 18.6 Å². The summed E-state index contributed by atoms with van der Waals surface area (Å²) in [5.74, 6) is 0.475. The average Bonchev–Trinajstić information content (AvgIpc) is 2.83. The summed E-state index contributed by atoms with van der Waals surface area (Å²) in [6, 6.07) is 13.1. The molecular weight excluding hydrogens is 468 g/mol. The highest BCUT2D eigenvalue weighted by atomic mass is 32.2. The molecule has 1 amide bonds. The second-order valence-corrected chi connectivity index (χ2v) is 10.5. The maximum atomic E-state index is 12.9. The third-order valence-corrected chi connectivity index (χ3v) is 7.64. The van der Waals surface area contributed by atoms with E-state index in [9.17, 15) is 18.0 Å². The number of nitrogens with one attached hydrogen (secondary N) is 2. The minimum Gasteiger partial charge on any atom is -0.483 e. The van der Waals surface area contributed by atoms with E-state index in [4.69, 9.17) is 4.74 Å². The number of amides is 1. The summed E-state index contributed by atoms with van der Waals surface area (Å²) < 4.78 is 32.9. The molecule has 35 heavy (non-hydrogen) atoms. The molecule has 184 valence electrons. The second-order valence-electron chi connectivity index (χ2n) is 8.55. The first-order valence-electron chi connectivity index (χ1n) is 11.4. The van der Waals surface area contributed by atoms with Crippen LogP contribution in [0.1, 0.15) is 30.5 Å². The van der Waals surface area contributed by atoms with Crippen molar-refractivity contribution in [3.8, 4) is 17.1 Å². The zero-order chi connectivity index (χ0) is 25.0. The van der Waals surface area contributed by atoms with Gasteiger partial charge in [0.05, 0.1) is 4.90 Å². The fourth-order valence-corrected chi connectivity index (χ4v) is 5.60. The van der Waals surface area contributed by atoms with Crippen LogP contribution in [-0.2, 0) is 14.8 Å². The molecule has 1 aliphatic heterocycles. The van der Waals surface area contributed by atoms with Gasteiger partial charge in [-0.15, -0.1) is 0 Å². The lowest BCUT2D eigenvalue weighted by Gasteiger charge is -2.26. The number of H-pyrrole nitrogens is 1. The highest BCUT2D eigenvalue weighted by Gasteiger charge is 2.26. The van der Waals surface area contributed by atoms with Gasteiger partial charge in [-0.2, -0.15) is 4.31 Å². The Labute approximate surface area is 204 Å². The number of aromatic nitrogens is 2. The molecule has 1 saturated heterocycles. The van der Waals surface area contributed by atoms with E-state index in [-0.39, 0.29) is 23.0 Å². The molecule has 1 fully saturated rings. The van der Waals surface area contributed by atoms with Gasteiger partial charge >= 0.3 is 0 Å². The van der Waals surface area contributed by atoms with Gasteiger partial charge in [-0.3, -0.25) is 9.59 Å². The molecule has 0 atom stereocenters. The molecule has 0 unspecified atom stereocenters. The minimum absolute atomic E-state index is 0.230. The zero-order valence-electron chi connectivity index (χ0n) is 19.7.